The molecule has 0 saturated carbocycles. The van der Waals surface area contributed by atoms with Crippen LogP contribution in [0.3, 0.4) is 0 Å². The molecule has 120 valence electrons. The van der Waals surface area contributed by atoms with Crippen LogP contribution in [0.2, 0.25) is 0 Å². The molecule has 0 radical (unpaired) electrons. The molecule has 3 rings (SSSR count). The Bertz CT molecular complexity index is 779. The van der Waals surface area contributed by atoms with Crippen molar-refractivity contribution in [3.63, 3.8) is 0 Å². The third-order valence-electron chi connectivity index (χ3n) is 3.23. The monoisotopic (exact) mass is 348 g/mol. The Kier molecular flexibility index (Phi) is 4.85. The number of imidazole rings is 1. The first kappa shape index (κ1) is 15.9. The lowest BCUT2D eigenvalue weighted by Gasteiger charge is -2.19. The van der Waals surface area contributed by atoms with E-state index in [1.165, 1.54) is 11.3 Å². The minimum Gasteiger partial charge on any atom is -0.395 e. The quantitative estimate of drug-likeness (QED) is 0.717. The number of hydrogen-bond acceptors (Lipinski definition) is 6. The summed E-state index contributed by atoms with van der Waals surface area (Å²) >= 11 is 3.05. The molecule has 23 heavy (non-hydrogen) atoms. The van der Waals surface area contributed by atoms with E-state index in [9.17, 15) is 9.90 Å². The van der Waals surface area contributed by atoms with Gasteiger partial charge in [-0.25, -0.2) is 9.97 Å². The number of aromatic amines is 1. The third kappa shape index (κ3) is 3.66. The number of amides is 1. The molecule has 2 N–H and O–H groups in total. The van der Waals surface area contributed by atoms with E-state index >= 15 is 0 Å². The summed E-state index contributed by atoms with van der Waals surface area (Å²) in [6, 6.07) is 3.94. The Hall–Kier alpha value is -2.03. The summed E-state index contributed by atoms with van der Waals surface area (Å²) in [7, 11) is 0. The molecule has 0 aliphatic heterocycles. The molecule has 0 unspecified atom stereocenters. The number of nitrogens with one attached hydrogen (secondary N) is 1. The van der Waals surface area contributed by atoms with Gasteiger partial charge in [-0.15, -0.1) is 22.7 Å². The van der Waals surface area contributed by atoms with Gasteiger partial charge in [0, 0.05) is 11.9 Å². The number of carbonyl (C=O) groups excluding carboxylic acids is 1. The largest absolute Gasteiger partial charge is 0.395 e. The van der Waals surface area contributed by atoms with Gasteiger partial charge in [0.15, 0.2) is 0 Å². The number of aliphatic hydroxyl groups is 1. The fourth-order valence-electron chi connectivity index (χ4n) is 2.18. The lowest BCUT2D eigenvalue weighted by atomic mass is 10.3. The fourth-order valence-corrected chi connectivity index (χ4v) is 3.79. The molecular formula is C15H16N4O2S2. The highest BCUT2D eigenvalue weighted by Crippen LogP contribution is 2.28. The van der Waals surface area contributed by atoms with Gasteiger partial charge in [0.2, 0.25) is 0 Å². The number of aryl methyl sites for hydroxylation is 1. The van der Waals surface area contributed by atoms with Gasteiger partial charge in [0.05, 0.1) is 29.9 Å². The summed E-state index contributed by atoms with van der Waals surface area (Å²) in [6.45, 7) is 2.38. The molecule has 0 saturated heterocycles. The summed E-state index contributed by atoms with van der Waals surface area (Å²) in [5.41, 5.74) is 1.24. The first-order chi connectivity index (χ1) is 11.2. The molecule has 0 fully saturated rings. The SMILES string of the molecule is Cc1ncc(CN(CCO)C(=O)c2csc(-c3cccs3)n2)[nH]1. The summed E-state index contributed by atoms with van der Waals surface area (Å²) in [5.74, 6) is 0.607. The molecule has 3 aromatic rings. The molecule has 0 spiro atoms. The Labute approximate surface area is 141 Å². The second kappa shape index (κ2) is 7.03. The number of thiazole rings is 1. The average molecular weight is 348 g/mol. The minimum atomic E-state index is -0.189. The van der Waals surface area contributed by atoms with E-state index in [1.54, 1.807) is 27.8 Å². The number of aromatic nitrogens is 3. The predicted molar refractivity (Wildman–Crippen MR) is 90.6 cm³/mol. The normalized spacial score (nSPS) is 10.9. The number of carbonyl (C=O) groups is 1. The summed E-state index contributed by atoms with van der Waals surface area (Å²) < 4.78 is 0. The molecular weight excluding hydrogens is 332 g/mol. The third-order valence-corrected chi connectivity index (χ3v) is 5.11. The molecule has 0 aliphatic rings. The second-order valence-electron chi connectivity index (χ2n) is 4.96. The lowest BCUT2D eigenvalue weighted by Crippen LogP contribution is -2.33. The average Bonchev–Trinajstić information content (AvgIpc) is 3.27. The summed E-state index contributed by atoms with van der Waals surface area (Å²) in [4.78, 5) is 26.9. The number of hydrogen-bond donors (Lipinski definition) is 2. The van der Waals surface area contributed by atoms with Crippen LogP contribution in [-0.4, -0.2) is 44.0 Å². The maximum Gasteiger partial charge on any atom is 0.273 e. The van der Waals surface area contributed by atoms with Crippen LogP contribution in [0.5, 0.6) is 0 Å². The van der Waals surface area contributed by atoms with Gasteiger partial charge in [0.25, 0.3) is 5.91 Å². The zero-order chi connectivity index (χ0) is 16.2. The standard InChI is InChI=1S/C15H16N4O2S2/c1-10-16-7-11(17-10)8-19(4-5-20)15(21)12-9-23-14(18-12)13-3-2-6-22-13/h2-3,6-7,9,20H,4-5,8H2,1H3,(H,16,17). The fraction of sp³-hybridized carbons (Fsp3) is 0.267. The number of aliphatic hydroxyl groups excluding tert-OH is 1. The van der Waals surface area contributed by atoms with Crippen molar-refractivity contribution in [1.29, 1.82) is 0 Å². The van der Waals surface area contributed by atoms with Crippen molar-refractivity contribution in [3.8, 4) is 9.88 Å². The summed E-state index contributed by atoms with van der Waals surface area (Å²) in [5, 5.41) is 13.8. The molecule has 0 aromatic carbocycles. The van der Waals surface area contributed by atoms with Gasteiger partial charge < -0.3 is 15.0 Å². The second-order valence-corrected chi connectivity index (χ2v) is 6.77. The number of thiophene rings is 1. The van der Waals surface area contributed by atoms with Crippen molar-refractivity contribution >= 4 is 28.6 Å². The van der Waals surface area contributed by atoms with Gasteiger partial charge >= 0.3 is 0 Å². The van der Waals surface area contributed by atoms with Crippen LogP contribution in [0, 0.1) is 6.92 Å². The Morgan fingerprint density at radius 2 is 2.30 bits per heavy atom. The van der Waals surface area contributed by atoms with E-state index in [-0.39, 0.29) is 19.1 Å². The van der Waals surface area contributed by atoms with Crippen molar-refractivity contribution in [1.82, 2.24) is 19.9 Å². The summed E-state index contributed by atoms with van der Waals surface area (Å²) in [6.07, 6.45) is 1.70. The molecule has 1 amide bonds. The lowest BCUT2D eigenvalue weighted by molar-refractivity contribution is 0.0700. The number of nitrogens with zero attached hydrogens (tertiary/aromatic N) is 3. The van der Waals surface area contributed by atoms with Crippen LogP contribution < -0.4 is 0 Å². The van der Waals surface area contributed by atoms with Crippen LogP contribution in [0.25, 0.3) is 9.88 Å². The van der Waals surface area contributed by atoms with Gasteiger partial charge in [-0.1, -0.05) is 6.07 Å². The Morgan fingerprint density at radius 1 is 1.43 bits per heavy atom. The molecule has 8 heteroatoms. The zero-order valence-electron chi connectivity index (χ0n) is 12.5. The van der Waals surface area contributed by atoms with Crippen LogP contribution in [0.1, 0.15) is 22.0 Å². The van der Waals surface area contributed by atoms with Crippen LogP contribution in [-0.2, 0) is 6.54 Å². The molecule has 6 nitrogen and oxygen atoms in total. The van der Waals surface area contributed by atoms with Crippen molar-refractivity contribution in [2.24, 2.45) is 0 Å². The Balaban J connectivity index is 1.78. The van der Waals surface area contributed by atoms with Crippen LogP contribution in [0.4, 0.5) is 0 Å². The molecule has 0 aliphatic carbocycles. The van der Waals surface area contributed by atoms with E-state index in [0.717, 1.165) is 21.4 Å². The van der Waals surface area contributed by atoms with Crippen LogP contribution in [0.15, 0.2) is 29.1 Å². The van der Waals surface area contributed by atoms with E-state index in [1.807, 2.05) is 24.4 Å². The maximum absolute atomic E-state index is 12.7. The van der Waals surface area contributed by atoms with E-state index in [4.69, 9.17) is 0 Å². The highest BCUT2D eigenvalue weighted by Gasteiger charge is 2.20. The van der Waals surface area contributed by atoms with E-state index in [0.29, 0.717) is 12.2 Å². The van der Waals surface area contributed by atoms with Crippen molar-refractivity contribution in [2.75, 3.05) is 13.2 Å². The van der Waals surface area contributed by atoms with E-state index < -0.39 is 0 Å². The highest BCUT2D eigenvalue weighted by atomic mass is 32.1. The minimum absolute atomic E-state index is 0.0965. The van der Waals surface area contributed by atoms with Crippen molar-refractivity contribution < 1.29 is 9.90 Å². The van der Waals surface area contributed by atoms with Crippen molar-refractivity contribution in [3.05, 3.63) is 46.3 Å². The van der Waals surface area contributed by atoms with Crippen LogP contribution >= 0.6 is 22.7 Å². The maximum atomic E-state index is 12.7. The zero-order valence-corrected chi connectivity index (χ0v) is 14.2. The smallest absolute Gasteiger partial charge is 0.273 e. The molecule has 3 aromatic heterocycles. The molecule has 0 atom stereocenters. The number of H-pyrrole nitrogens is 1. The Morgan fingerprint density at radius 3 is 2.96 bits per heavy atom. The van der Waals surface area contributed by atoms with E-state index in [2.05, 4.69) is 15.0 Å². The highest BCUT2D eigenvalue weighted by molar-refractivity contribution is 7.20. The topological polar surface area (TPSA) is 82.1 Å². The van der Waals surface area contributed by atoms with Gasteiger partial charge in [-0.2, -0.15) is 0 Å². The first-order valence-electron chi connectivity index (χ1n) is 7.07. The van der Waals surface area contributed by atoms with Gasteiger partial charge in [0.1, 0.15) is 16.5 Å². The molecule has 3 heterocycles. The number of rotatable bonds is 6. The van der Waals surface area contributed by atoms with Gasteiger partial charge in [-0.05, 0) is 18.4 Å². The van der Waals surface area contributed by atoms with Gasteiger partial charge in [-0.3, -0.25) is 4.79 Å². The predicted octanol–water partition coefficient (Wildman–Crippen LogP) is 2.54. The first-order valence-corrected chi connectivity index (χ1v) is 8.83. The van der Waals surface area contributed by atoms with Crippen molar-refractivity contribution in [2.45, 2.75) is 13.5 Å². The molecule has 0 bridgehead atoms.